The van der Waals surface area contributed by atoms with Gasteiger partial charge in [0.25, 0.3) is 5.69 Å². The summed E-state index contributed by atoms with van der Waals surface area (Å²) in [6.07, 6.45) is 0. The Morgan fingerprint density at radius 2 is 1.75 bits per heavy atom. The molecule has 3 aromatic carbocycles. The first-order valence-corrected chi connectivity index (χ1v) is 7.05. The smallest absolute Gasteiger partial charge is 0.337 e. The van der Waals surface area contributed by atoms with Gasteiger partial charge in [-0.1, -0.05) is 12.1 Å². The molecule has 0 saturated heterocycles. The van der Waals surface area contributed by atoms with Crippen molar-refractivity contribution >= 4 is 44.5 Å². The number of aromatic nitrogens is 2. The number of aromatic carboxylic acids is 1. The molecular formula is C17H9N3O4. The van der Waals surface area contributed by atoms with Crippen molar-refractivity contribution in [3.63, 3.8) is 0 Å². The maximum Gasteiger partial charge on any atom is 0.337 e. The molecule has 1 heterocycles. The fraction of sp³-hybridized carbons (Fsp3) is 0. The summed E-state index contributed by atoms with van der Waals surface area (Å²) in [7, 11) is 0. The van der Waals surface area contributed by atoms with E-state index in [1.165, 1.54) is 18.2 Å². The molecule has 0 aliphatic rings. The minimum absolute atomic E-state index is 0.0457. The lowest BCUT2D eigenvalue weighted by Crippen LogP contribution is -2.00. The summed E-state index contributed by atoms with van der Waals surface area (Å²) in [5, 5.41) is 21.7. The molecule has 0 bridgehead atoms. The summed E-state index contributed by atoms with van der Waals surface area (Å²) in [6, 6.07) is 12.8. The summed E-state index contributed by atoms with van der Waals surface area (Å²) in [6.45, 7) is 0. The molecule has 116 valence electrons. The molecule has 4 rings (SSSR count). The van der Waals surface area contributed by atoms with Crippen LogP contribution < -0.4 is 0 Å². The Morgan fingerprint density at radius 3 is 2.50 bits per heavy atom. The second-order valence-corrected chi connectivity index (χ2v) is 5.30. The van der Waals surface area contributed by atoms with Crippen LogP contribution in [0.25, 0.3) is 32.8 Å². The number of hydrogen-bond donors (Lipinski definition) is 1. The number of nitro groups is 1. The summed E-state index contributed by atoms with van der Waals surface area (Å²) in [4.78, 5) is 30.9. The first-order chi connectivity index (χ1) is 11.5. The lowest BCUT2D eigenvalue weighted by atomic mass is 10.1. The van der Waals surface area contributed by atoms with Gasteiger partial charge in [0.1, 0.15) is 5.52 Å². The van der Waals surface area contributed by atoms with Crippen LogP contribution in [0.15, 0.2) is 48.5 Å². The molecular weight excluding hydrogens is 310 g/mol. The molecule has 0 fully saturated rings. The quantitative estimate of drug-likeness (QED) is 0.262. The minimum Gasteiger partial charge on any atom is -0.478 e. The first kappa shape index (κ1) is 14.0. The minimum atomic E-state index is -1.10. The fourth-order valence-corrected chi connectivity index (χ4v) is 2.75. The van der Waals surface area contributed by atoms with Gasteiger partial charge >= 0.3 is 5.97 Å². The Kier molecular flexibility index (Phi) is 2.89. The molecule has 0 aliphatic heterocycles. The Labute approximate surface area is 134 Å². The third kappa shape index (κ3) is 2.03. The van der Waals surface area contributed by atoms with E-state index in [2.05, 4.69) is 9.97 Å². The second kappa shape index (κ2) is 4.95. The van der Waals surface area contributed by atoms with Gasteiger partial charge in [0.15, 0.2) is 0 Å². The van der Waals surface area contributed by atoms with Gasteiger partial charge in [0.05, 0.1) is 27.0 Å². The molecule has 0 aliphatic carbocycles. The average Bonchev–Trinajstić information content (AvgIpc) is 2.58. The highest BCUT2D eigenvalue weighted by molar-refractivity contribution is 6.09. The molecule has 1 N–H and O–H groups in total. The van der Waals surface area contributed by atoms with Gasteiger partial charge in [0.2, 0.25) is 0 Å². The molecule has 4 aromatic rings. The molecule has 7 heteroatoms. The number of carboxylic acids is 1. The van der Waals surface area contributed by atoms with E-state index in [1.807, 2.05) is 6.07 Å². The molecule has 1 aromatic heterocycles. The van der Waals surface area contributed by atoms with Crippen molar-refractivity contribution in [2.24, 2.45) is 0 Å². The van der Waals surface area contributed by atoms with Gasteiger partial charge in [-0.3, -0.25) is 10.1 Å². The summed E-state index contributed by atoms with van der Waals surface area (Å²) in [5.74, 6) is -1.10. The zero-order valence-corrected chi connectivity index (χ0v) is 12.1. The molecule has 0 unspecified atom stereocenters. The Morgan fingerprint density at radius 1 is 1.00 bits per heavy atom. The maximum atomic E-state index is 11.4. The number of non-ortho nitro benzene ring substituents is 1. The molecule has 0 amide bonds. The van der Waals surface area contributed by atoms with Crippen LogP contribution in [-0.2, 0) is 0 Å². The average molecular weight is 319 g/mol. The molecule has 7 nitrogen and oxygen atoms in total. The van der Waals surface area contributed by atoms with Crippen LogP contribution in [0.2, 0.25) is 0 Å². The summed E-state index contributed by atoms with van der Waals surface area (Å²) >= 11 is 0. The van der Waals surface area contributed by atoms with Crippen molar-refractivity contribution in [2.45, 2.75) is 0 Å². The number of carbonyl (C=O) groups is 1. The van der Waals surface area contributed by atoms with Crippen molar-refractivity contribution in [1.82, 2.24) is 9.97 Å². The van der Waals surface area contributed by atoms with Crippen molar-refractivity contribution in [3.8, 4) is 0 Å². The third-order valence-corrected chi connectivity index (χ3v) is 3.88. The van der Waals surface area contributed by atoms with E-state index in [-0.39, 0.29) is 16.8 Å². The monoisotopic (exact) mass is 319 g/mol. The standard InChI is InChI=1S/C17H9N3O4/c21-17(22)11-2-1-3-13-15(11)19-16-12-8-10(20(23)24)6-4-9(12)5-7-14(16)18-13/h1-8H,(H,21,22). The van der Waals surface area contributed by atoms with Crippen LogP contribution in [0.4, 0.5) is 5.69 Å². The highest BCUT2D eigenvalue weighted by Crippen LogP contribution is 2.28. The zero-order chi connectivity index (χ0) is 16.8. The highest BCUT2D eigenvalue weighted by Gasteiger charge is 2.14. The molecule has 24 heavy (non-hydrogen) atoms. The SMILES string of the molecule is O=C(O)c1cccc2nc3ccc4ccc([N+](=O)[O-])cc4c3nc12. The lowest BCUT2D eigenvalue weighted by Gasteiger charge is -2.06. The summed E-state index contributed by atoms with van der Waals surface area (Å²) < 4.78 is 0. The van der Waals surface area contributed by atoms with E-state index in [9.17, 15) is 20.0 Å². The van der Waals surface area contributed by atoms with Crippen molar-refractivity contribution in [1.29, 1.82) is 0 Å². The normalized spacial score (nSPS) is 11.2. The maximum absolute atomic E-state index is 11.4. The van der Waals surface area contributed by atoms with Crippen molar-refractivity contribution in [3.05, 3.63) is 64.2 Å². The van der Waals surface area contributed by atoms with Crippen LogP contribution in [0.5, 0.6) is 0 Å². The second-order valence-electron chi connectivity index (χ2n) is 5.30. The topological polar surface area (TPSA) is 106 Å². The van der Waals surface area contributed by atoms with E-state index in [4.69, 9.17) is 0 Å². The molecule has 0 spiro atoms. The first-order valence-electron chi connectivity index (χ1n) is 7.05. The number of para-hydroxylation sites is 1. The van der Waals surface area contributed by atoms with Crippen LogP contribution in [0.3, 0.4) is 0 Å². The van der Waals surface area contributed by atoms with Crippen LogP contribution in [0, 0.1) is 10.1 Å². The highest BCUT2D eigenvalue weighted by atomic mass is 16.6. The Balaban J connectivity index is 2.17. The van der Waals surface area contributed by atoms with Gasteiger partial charge in [-0.15, -0.1) is 0 Å². The molecule has 0 radical (unpaired) electrons. The van der Waals surface area contributed by atoms with E-state index in [0.29, 0.717) is 21.9 Å². The number of hydrogen-bond acceptors (Lipinski definition) is 5. The predicted octanol–water partition coefficient (Wildman–Crippen LogP) is 3.54. The lowest BCUT2D eigenvalue weighted by molar-refractivity contribution is -0.384. The molecule has 0 saturated carbocycles. The van der Waals surface area contributed by atoms with E-state index in [0.717, 1.165) is 5.39 Å². The van der Waals surface area contributed by atoms with Gasteiger partial charge in [-0.25, -0.2) is 14.8 Å². The number of fused-ring (bicyclic) bond motifs is 4. The number of carboxylic acid groups (broad SMARTS) is 1. The number of rotatable bonds is 2. The van der Waals surface area contributed by atoms with Gasteiger partial charge < -0.3 is 5.11 Å². The largest absolute Gasteiger partial charge is 0.478 e. The van der Waals surface area contributed by atoms with Gasteiger partial charge in [-0.05, 0) is 29.7 Å². The fourth-order valence-electron chi connectivity index (χ4n) is 2.75. The number of nitro benzene ring substituents is 1. The van der Waals surface area contributed by atoms with Crippen molar-refractivity contribution < 1.29 is 14.8 Å². The predicted molar refractivity (Wildman–Crippen MR) is 88.2 cm³/mol. The van der Waals surface area contributed by atoms with E-state index < -0.39 is 10.9 Å². The van der Waals surface area contributed by atoms with Gasteiger partial charge in [0, 0.05) is 17.5 Å². The van der Waals surface area contributed by atoms with Crippen LogP contribution in [0.1, 0.15) is 10.4 Å². The Hall–Kier alpha value is -3.61. The molecule has 0 atom stereocenters. The Bertz CT molecular complexity index is 1170. The van der Waals surface area contributed by atoms with Crippen molar-refractivity contribution in [2.75, 3.05) is 0 Å². The van der Waals surface area contributed by atoms with Gasteiger partial charge in [-0.2, -0.15) is 0 Å². The van der Waals surface area contributed by atoms with Crippen LogP contribution in [-0.4, -0.2) is 26.0 Å². The summed E-state index contributed by atoms with van der Waals surface area (Å²) in [5.41, 5.74) is 1.71. The number of benzene rings is 3. The number of nitrogens with zero attached hydrogens (tertiary/aromatic N) is 3. The van der Waals surface area contributed by atoms with E-state index in [1.54, 1.807) is 24.3 Å². The zero-order valence-electron chi connectivity index (χ0n) is 12.1. The third-order valence-electron chi connectivity index (χ3n) is 3.88. The van der Waals surface area contributed by atoms with Crippen LogP contribution >= 0.6 is 0 Å². The van der Waals surface area contributed by atoms with E-state index >= 15 is 0 Å².